The highest BCUT2D eigenvalue weighted by Crippen LogP contribution is 2.49. The van der Waals surface area contributed by atoms with Gasteiger partial charge in [0.05, 0.1) is 5.25 Å². The zero-order valence-corrected chi connectivity index (χ0v) is 12.6. The quantitative estimate of drug-likeness (QED) is 0.719. The molecule has 104 valence electrons. The third-order valence-corrected chi connectivity index (χ3v) is 5.30. The van der Waals surface area contributed by atoms with E-state index in [1.807, 2.05) is 17.8 Å². The summed E-state index contributed by atoms with van der Waals surface area (Å²) in [5, 5.41) is 0.373. The minimum Gasteiger partial charge on any atom is -0.475 e. The SMILES string of the molecule is Cc1ccccc1C1=CC=CC2SC1Oc1ccccc12. The zero-order valence-electron chi connectivity index (χ0n) is 11.8. The molecule has 4 rings (SSSR count). The van der Waals surface area contributed by atoms with Crippen LogP contribution in [0.3, 0.4) is 0 Å². The summed E-state index contributed by atoms with van der Waals surface area (Å²) in [5.74, 6) is 1.01. The summed E-state index contributed by atoms with van der Waals surface area (Å²) in [4.78, 5) is 0. The maximum Gasteiger partial charge on any atom is 0.171 e. The third kappa shape index (κ3) is 2.20. The van der Waals surface area contributed by atoms with Gasteiger partial charge >= 0.3 is 0 Å². The molecule has 0 radical (unpaired) electrons. The Labute approximate surface area is 129 Å². The van der Waals surface area contributed by atoms with E-state index in [2.05, 4.69) is 67.6 Å². The fourth-order valence-electron chi connectivity index (χ4n) is 2.91. The van der Waals surface area contributed by atoms with Crippen molar-refractivity contribution in [2.45, 2.75) is 17.6 Å². The predicted octanol–water partition coefficient (Wildman–Crippen LogP) is 5.14. The third-order valence-electron chi connectivity index (χ3n) is 4.00. The standard InChI is InChI=1S/C19H16OS/c1-13-7-2-3-8-14(13)15-10-6-12-18-16-9-4-5-11-17(16)20-19(15)21-18/h2-12,18-19H,1H3. The number of ether oxygens (including phenoxy) is 1. The highest BCUT2D eigenvalue weighted by Gasteiger charge is 2.31. The Morgan fingerprint density at radius 3 is 2.71 bits per heavy atom. The number of hydrogen-bond acceptors (Lipinski definition) is 2. The van der Waals surface area contributed by atoms with Crippen LogP contribution in [0.4, 0.5) is 0 Å². The van der Waals surface area contributed by atoms with Crippen molar-refractivity contribution in [3.05, 3.63) is 83.4 Å². The Kier molecular flexibility index (Phi) is 3.12. The summed E-state index contributed by atoms with van der Waals surface area (Å²) in [7, 11) is 0. The number of aryl methyl sites for hydroxylation is 1. The molecule has 2 atom stereocenters. The van der Waals surface area contributed by atoms with Crippen LogP contribution >= 0.6 is 11.8 Å². The molecule has 0 saturated heterocycles. The van der Waals surface area contributed by atoms with E-state index in [0.717, 1.165) is 5.75 Å². The molecule has 0 spiro atoms. The number of allylic oxidation sites excluding steroid dienone is 2. The van der Waals surface area contributed by atoms with Gasteiger partial charge in [-0.2, -0.15) is 0 Å². The van der Waals surface area contributed by atoms with E-state index in [9.17, 15) is 0 Å². The van der Waals surface area contributed by atoms with Gasteiger partial charge in [0.25, 0.3) is 0 Å². The lowest BCUT2D eigenvalue weighted by molar-refractivity contribution is 0.330. The minimum absolute atomic E-state index is 0.0565. The fraction of sp³-hybridized carbons (Fsp3) is 0.158. The molecule has 0 N–H and O–H groups in total. The molecule has 2 heteroatoms. The predicted molar refractivity (Wildman–Crippen MR) is 89.5 cm³/mol. The molecule has 2 aliphatic rings. The summed E-state index contributed by atoms with van der Waals surface area (Å²) in [5.41, 5.74) is 5.15. The molecule has 2 aromatic rings. The lowest BCUT2D eigenvalue weighted by atomic mass is 10.0. The van der Waals surface area contributed by atoms with Crippen LogP contribution in [0, 0.1) is 6.92 Å². The number of benzene rings is 2. The van der Waals surface area contributed by atoms with Crippen molar-refractivity contribution < 1.29 is 4.74 Å². The molecule has 0 saturated carbocycles. The number of fused-ring (bicyclic) bond motifs is 4. The Morgan fingerprint density at radius 1 is 1.00 bits per heavy atom. The van der Waals surface area contributed by atoms with Crippen molar-refractivity contribution in [2.75, 3.05) is 0 Å². The van der Waals surface area contributed by atoms with Gasteiger partial charge in [-0.1, -0.05) is 60.7 Å². The molecule has 2 aliphatic heterocycles. The second kappa shape index (κ2) is 5.12. The monoisotopic (exact) mass is 292 g/mol. The van der Waals surface area contributed by atoms with Crippen LogP contribution in [0.15, 0.2) is 66.8 Å². The van der Waals surface area contributed by atoms with Crippen LogP contribution in [0.1, 0.15) is 21.9 Å². The smallest absolute Gasteiger partial charge is 0.171 e. The summed E-state index contributed by atoms with van der Waals surface area (Å²) in [6.45, 7) is 2.16. The van der Waals surface area contributed by atoms with Gasteiger partial charge in [-0.3, -0.25) is 0 Å². The van der Waals surface area contributed by atoms with E-state index in [1.165, 1.54) is 22.3 Å². The number of para-hydroxylation sites is 1. The molecular weight excluding hydrogens is 276 g/mol. The first-order valence-electron chi connectivity index (χ1n) is 7.18. The highest BCUT2D eigenvalue weighted by molar-refractivity contribution is 8.00. The molecule has 2 bridgehead atoms. The molecule has 0 amide bonds. The fourth-order valence-corrected chi connectivity index (χ4v) is 4.21. The van der Waals surface area contributed by atoms with Crippen LogP contribution in [0.5, 0.6) is 5.75 Å². The number of hydrogen-bond donors (Lipinski definition) is 0. The van der Waals surface area contributed by atoms with Crippen LogP contribution in [-0.4, -0.2) is 5.44 Å². The van der Waals surface area contributed by atoms with Crippen LogP contribution in [0.25, 0.3) is 5.57 Å². The van der Waals surface area contributed by atoms with Gasteiger partial charge in [0.2, 0.25) is 0 Å². The van der Waals surface area contributed by atoms with Gasteiger partial charge < -0.3 is 4.74 Å². The first kappa shape index (κ1) is 12.8. The van der Waals surface area contributed by atoms with Gasteiger partial charge in [-0.05, 0) is 24.1 Å². The molecule has 0 aromatic heterocycles. The Balaban J connectivity index is 1.79. The molecular formula is C19H16OS. The Bertz CT molecular complexity index is 745. The van der Waals surface area contributed by atoms with E-state index in [-0.39, 0.29) is 5.44 Å². The molecule has 2 unspecified atom stereocenters. The average molecular weight is 292 g/mol. The van der Waals surface area contributed by atoms with Gasteiger partial charge in [0.1, 0.15) is 5.75 Å². The van der Waals surface area contributed by atoms with E-state index in [0.29, 0.717) is 5.25 Å². The van der Waals surface area contributed by atoms with E-state index < -0.39 is 0 Å². The number of rotatable bonds is 1. The maximum atomic E-state index is 6.26. The van der Waals surface area contributed by atoms with Crippen molar-refractivity contribution in [3.8, 4) is 5.75 Å². The van der Waals surface area contributed by atoms with Crippen molar-refractivity contribution >= 4 is 17.3 Å². The minimum atomic E-state index is 0.0565. The van der Waals surface area contributed by atoms with Gasteiger partial charge in [-0.25, -0.2) is 0 Å². The Hall–Kier alpha value is -1.93. The molecule has 1 nitrogen and oxygen atoms in total. The lowest BCUT2D eigenvalue weighted by Gasteiger charge is -2.31. The van der Waals surface area contributed by atoms with Crippen LogP contribution in [-0.2, 0) is 0 Å². The van der Waals surface area contributed by atoms with E-state index in [1.54, 1.807) is 0 Å². The van der Waals surface area contributed by atoms with Crippen LogP contribution < -0.4 is 4.74 Å². The van der Waals surface area contributed by atoms with Crippen molar-refractivity contribution in [1.29, 1.82) is 0 Å². The van der Waals surface area contributed by atoms with Crippen molar-refractivity contribution in [3.63, 3.8) is 0 Å². The van der Waals surface area contributed by atoms with Gasteiger partial charge in [-0.15, -0.1) is 11.8 Å². The Morgan fingerprint density at radius 2 is 1.81 bits per heavy atom. The summed E-state index contributed by atoms with van der Waals surface area (Å²) < 4.78 is 6.26. The first-order chi connectivity index (χ1) is 10.3. The van der Waals surface area contributed by atoms with Crippen molar-refractivity contribution in [2.24, 2.45) is 0 Å². The van der Waals surface area contributed by atoms with E-state index in [4.69, 9.17) is 4.74 Å². The molecule has 0 aliphatic carbocycles. The molecule has 21 heavy (non-hydrogen) atoms. The lowest BCUT2D eigenvalue weighted by Crippen LogP contribution is -2.20. The summed E-state index contributed by atoms with van der Waals surface area (Å²) >= 11 is 1.87. The highest BCUT2D eigenvalue weighted by atomic mass is 32.2. The molecule has 0 fully saturated rings. The topological polar surface area (TPSA) is 9.23 Å². The zero-order chi connectivity index (χ0) is 14.2. The largest absolute Gasteiger partial charge is 0.475 e. The second-order valence-corrected chi connectivity index (χ2v) is 6.57. The average Bonchev–Trinajstić information content (AvgIpc) is 2.68. The van der Waals surface area contributed by atoms with Crippen molar-refractivity contribution in [1.82, 2.24) is 0 Å². The normalized spacial score (nSPS) is 22.8. The summed E-state index contributed by atoms with van der Waals surface area (Å²) in [6, 6.07) is 16.9. The second-order valence-electron chi connectivity index (χ2n) is 5.37. The summed E-state index contributed by atoms with van der Waals surface area (Å²) in [6.07, 6.45) is 6.64. The van der Waals surface area contributed by atoms with Crippen LogP contribution in [0.2, 0.25) is 0 Å². The molecule has 2 heterocycles. The molecule has 2 aromatic carbocycles. The first-order valence-corrected chi connectivity index (χ1v) is 8.12. The van der Waals surface area contributed by atoms with Gasteiger partial charge in [0.15, 0.2) is 5.44 Å². The van der Waals surface area contributed by atoms with E-state index >= 15 is 0 Å². The number of thioether (sulfide) groups is 1. The van der Waals surface area contributed by atoms with Gasteiger partial charge in [0, 0.05) is 11.1 Å². The maximum absolute atomic E-state index is 6.26.